The molecule has 1 fully saturated rings. The Morgan fingerprint density at radius 2 is 2.10 bits per heavy atom. The van der Waals surface area contributed by atoms with Crippen LogP contribution >= 0.6 is 0 Å². The summed E-state index contributed by atoms with van der Waals surface area (Å²) in [6.07, 6.45) is -3.55. The molecule has 1 amide bonds. The van der Waals surface area contributed by atoms with E-state index in [1.165, 1.54) is 11.8 Å². The van der Waals surface area contributed by atoms with Crippen LogP contribution in [0.4, 0.5) is 13.2 Å². The van der Waals surface area contributed by atoms with Crippen LogP contribution in [0.15, 0.2) is 0 Å². The van der Waals surface area contributed by atoms with Gasteiger partial charge in [-0.05, 0) is 32.1 Å². The molecule has 5 nitrogen and oxygen atoms in total. The van der Waals surface area contributed by atoms with E-state index in [9.17, 15) is 22.8 Å². The zero-order valence-corrected chi connectivity index (χ0v) is 11.9. The molecule has 1 N–H and O–H groups in total. The van der Waals surface area contributed by atoms with Crippen molar-refractivity contribution in [3.63, 3.8) is 0 Å². The lowest BCUT2D eigenvalue weighted by Gasteiger charge is -2.34. The lowest BCUT2D eigenvalue weighted by Crippen LogP contribution is -2.45. The Labute approximate surface area is 121 Å². The maximum Gasteiger partial charge on any atom is 0.411 e. The lowest BCUT2D eigenvalue weighted by atomic mass is 9.93. The first-order valence-electron chi connectivity index (χ1n) is 6.88. The normalized spacial score (nSPS) is 21.1. The average molecular weight is 311 g/mol. The number of rotatable bonds is 6. The molecule has 122 valence electrons. The van der Waals surface area contributed by atoms with Gasteiger partial charge in [-0.25, -0.2) is 0 Å². The van der Waals surface area contributed by atoms with E-state index in [-0.39, 0.29) is 12.3 Å². The molecule has 1 heterocycles. The molecule has 0 bridgehead atoms. The van der Waals surface area contributed by atoms with Gasteiger partial charge in [-0.15, -0.1) is 0 Å². The Kier molecular flexibility index (Phi) is 6.44. The Morgan fingerprint density at radius 1 is 1.43 bits per heavy atom. The summed E-state index contributed by atoms with van der Waals surface area (Å²) in [7, 11) is 0. The number of carboxylic acid groups (broad SMARTS) is 1. The number of carbonyl (C=O) groups excluding carboxylic acids is 1. The summed E-state index contributed by atoms with van der Waals surface area (Å²) in [6.45, 7) is 0.707. The molecule has 1 rings (SSSR count). The number of amides is 1. The molecule has 1 aliphatic heterocycles. The Hall–Kier alpha value is -1.31. The molecule has 0 spiro atoms. The van der Waals surface area contributed by atoms with Gasteiger partial charge >= 0.3 is 12.1 Å². The van der Waals surface area contributed by atoms with Gasteiger partial charge in [-0.1, -0.05) is 0 Å². The molecule has 0 aromatic carbocycles. The summed E-state index contributed by atoms with van der Waals surface area (Å²) in [4.78, 5) is 24.0. The minimum absolute atomic E-state index is 0.0345. The number of aliphatic carboxylic acids is 1. The van der Waals surface area contributed by atoms with Crippen LogP contribution in [0.2, 0.25) is 0 Å². The van der Waals surface area contributed by atoms with Gasteiger partial charge in [0.2, 0.25) is 0 Å². The number of alkyl halides is 3. The number of carboxylic acids is 1. The fourth-order valence-corrected chi connectivity index (χ4v) is 2.38. The van der Waals surface area contributed by atoms with Crippen LogP contribution in [-0.4, -0.2) is 53.9 Å². The van der Waals surface area contributed by atoms with Gasteiger partial charge in [0.15, 0.2) is 0 Å². The second kappa shape index (κ2) is 7.63. The minimum Gasteiger partial charge on any atom is -0.481 e. The maximum absolute atomic E-state index is 12.1. The first-order valence-corrected chi connectivity index (χ1v) is 6.88. The van der Waals surface area contributed by atoms with Crippen LogP contribution < -0.4 is 0 Å². The number of piperidine rings is 1. The average Bonchev–Trinajstić information content (AvgIpc) is 2.41. The van der Waals surface area contributed by atoms with E-state index in [1.54, 1.807) is 0 Å². The Balaban J connectivity index is 2.43. The van der Waals surface area contributed by atoms with E-state index in [2.05, 4.69) is 4.74 Å². The van der Waals surface area contributed by atoms with E-state index in [1.807, 2.05) is 0 Å². The van der Waals surface area contributed by atoms with Crippen LogP contribution in [-0.2, 0) is 14.3 Å². The van der Waals surface area contributed by atoms with Gasteiger partial charge in [-0.3, -0.25) is 9.59 Å². The molecular weight excluding hydrogens is 291 g/mol. The number of hydrogen-bond acceptors (Lipinski definition) is 3. The molecule has 8 heteroatoms. The van der Waals surface area contributed by atoms with Crippen LogP contribution in [0.25, 0.3) is 0 Å². The summed E-state index contributed by atoms with van der Waals surface area (Å²) in [5, 5.41) is 8.65. The monoisotopic (exact) mass is 311 g/mol. The predicted octanol–water partition coefficient (Wildman–Crippen LogP) is 2.06. The number of carbonyl (C=O) groups is 2. The van der Waals surface area contributed by atoms with E-state index >= 15 is 0 Å². The molecular formula is C13H20F3NO4. The number of halogens is 3. The first kappa shape index (κ1) is 17.7. The highest BCUT2D eigenvalue weighted by molar-refractivity contribution is 5.80. The SMILES string of the molecule is C[C@@H](OCC(F)(F)F)C(=O)N1CCC[C@@H](CCC(=O)O)C1. The number of likely N-dealkylation sites (tertiary alicyclic amines) is 1. The van der Waals surface area contributed by atoms with Crippen molar-refractivity contribution in [2.24, 2.45) is 5.92 Å². The van der Waals surface area contributed by atoms with Gasteiger partial charge in [0, 0.05) is 19.5 Å². The summed E-state index contributed by atoms with van der Waals surface area (Å²) in [5.74, 6) is -1.28. The van der Waals surface area contributed by atoms with E-state index in [0.717, 1.165) is 12.8 Å². The van der Waals surface area contributed by atoms with Crippen molar-refractivity contribution in [1.82, 2.24) is 4.90 Å². The van der Waals surface area contributed by atoms with E-state index in [4.69, 9.17) is 5.11 Å². The molecule has 0 aromatic heterocycles. The third-order valence-corrected chi connectivity index (χ3v) is 3.44. The highest BCUT2D eigenvalue weighted by atomic mass is 19.4. The minimum atomic E-state index is -4.46. The molecule has 0 unspecified atom stereocenters. The van der Waals surface area contributed by atoms with E-state index in [0.29, 0.717) is 19.5 Å². The zero-order valence-electron chi connectivity index (χ0n) is 11.9. The van der Waals surface area contributed by atoms with Gasteiger partial charge in [0.1, 0.15) is 12.7 Å². The van der Waals surface area contributed by atoms with Crippen LogP contribution in [0.3, 0.4) is 0 Å². The van der Waals surface area contributed by atoms with Crippen molar-refractivity contribution in [1.29, 1.82) is 0 Å². The highest BCUT2D eigenvalue weighted by Gasteiger charge is 2.32. The van der Waals surface area contributed by atoms with Crippen LogP contribution in [0.1, 0.15) is 32.6 Å². The van der Waals surface area contributed by atoms with Gasteiger partial charge in [0.05, 0.1) is 0 Å². The Morgan fingerprint density at radius 3 is 2.67 bits per heavy atom. The van der Waals surface area contributed by atoms with Crippen LogP contribution in [0, 0.1) is 5.92 Å². The van der Waals surface area contributed by atoms with Crippen LogP contribution in [0.5, 0.6) is 0 Å². The van der Waals surface area contributed by atoms with Gasteiger partial charge < -0.3 is 14.7 Å². The standard InChI is InChI=1S/C13H20F3NO4/c1-9(21-8-13(14,15)16)12(20)17-6-2-3-10(7-17)4-5-11(18)19/h9-10H,2-8H2,1H3,(H,18,19)/t9-,10+/m1/s1. The predicted molar refractivity (Wildman–Crippen MR) is 67.6 cm³/mol. The lowest BCUT2D eigenvalue weighted by molar-refractivity contribution is -0.189. The molecule has 0 radical (unpaired) electrons. The van der Waals surface area contributed by atoms with Crippen molar-refractivity contribution in [2.75, 3.05) is 19.7 Å². The summed E-state index contributed by atoms with van der Waals surface area (Å²) < 4.78 is 40.7. The van der Waals surface area contributed by atoms with Crippen molar-refractivity contribution >= 4 is 11.9 Å². The largest absolute Gasteiger partial charge is 0.481 e. The van der Waals surface area contributed by atoms with E-state index < -0.39 is 30.8 Å². The zero-order chi connectivity index (χ0) is 16.0. The van der Waals surface area contributed by atoms with Gasteiger partial charge in [0.25, 0.3) is 5.91 Å². The molecule has 2 atom stereocenters. The molecule has 1 aliphatic rings. The van der Waals surface area contributed by atoms with Crippen molar-refractivity contribution in [3.8, 4) is 0 Å². The first-order chi connectivity index (χ1) is 9.69. The van der Waals surface area contributed by atoms with Crippen molar-refractivity contribution in [3.05, 3.63) is 0 Å². The maximum atomic E-state index is 12.1. The molecule has 21 heavy (non-hydrogen) atoms. The topological polar surface area (TPSA) is 66.8 Å². The summed E-state index contributed by atoms with van der Waals surface area (Å²) in [5.41, 5.74) is 0. The second-order valence-electron chi connectivity index (χ2n) is 5.29. The number of nitrogens with zero attached hydrogens (tertiary/aromatic N) is 1. The second-order valence-corrected chi connectivity index (χ2v) is 5.29. The third kappa shape index (κ3) is 6.79. The summed E-state index contributed by atoms with van der Waals surface area (Å²) >= 11 is 0. The quantitative estimate of drug-likeness (QED) is 0.815. The fraction of sp³-hybridized carbons (Fsp3) is 0.846. The fourth-order valence-electron chi connectivity index (χ4n) is 2.38. The molecule has 0 aliphatic carbocycles. The van der Waals surface area contributed by atoms with Crippen molar-refractivity contribution < 1.29 is 32.6 Å². The smallest absolute Gasteiger partial charge is 0.411 e. The highest BCUT2D eigenvalue weighted by Crippen LogP contribution is 2.22. The molecule has 0 saturated carbocycles. The van der Waals surface area contributed by atoms with Crippen molar-refractivity contribution in [2.45, 2.75) is 44.9 Å². The third-order valence-electron chi connectivity index (χ3n) is 3.44. The summed E-state index contributed by atoms with van der Waals surface area (Å²) in [6, 6.07) is 0. The molecule has 0 aromatic rings. The Bertz CT molecular complexity index is 373. The number of hydrogen-bond donors (Lipinski definition) is 1. The number of ether oxygens (including phenoxy) is 1. The van der Waals surface area contributed by atoms with Gasteiger partial charge in [-0.2, -0.15) is 13.2 Å². The molecule has 1 saturated heterocycles.